The third-order valence-corrected chi connectivity index (χ3v) is 3.88. The minimum atomic E-state index is 0.582. The van der Waals surface area contributed by atoms with Crippen LogP contribution < -0.4 is 10.2 Å². The van der Waals surface area contributed by atoms with E-state index in [9.17, 15) is 0 Å². The summed E-state index contributed by atoms with van der Waals surface area (Å²) in [5, 5.41) is 3.69. The highest BCUT2D eigenvalue weighted by Gasteiger charge is 2.21. The summed E-state index contributed by atoms with van der Waals surface area (Å²) in [6.07, 6.45) is 5.59. The number of benzene rings is 1. The second-order valence-electron chi connectivity index (χ2n) is 5.39. The molecule has 0 amide bonds. The lowest BCUT2D eigenvalue weighted by atomic mass is 9.99. The summed E-state index contributed by atoms with van der Waals surface area (Å²) in [6, 6.07) is 9.14. The minimum absolute atomic E-state index is 0.582. The summed E-state index contributed by atoms with van der Waals surface area (Å²) in [7, 11) is 4.20. The van der Waals surface area contributed by atoms with E-state index >= 15 is 0 Å². The molecule has 0 aliphatic heterocycles. The minimum Gasteiger partial charge on any atom is -0.381 e. The standard InChI is InChI=1S/C15H24N2/c1-12(13-8-4-5-9-13)16-14-10-6-7-11-15(14)17(2)3/h6-7,10-13,16H,4-5,8-9H2,1-3H3. The number of hydrogen-bond donors (Lipinski definition) is 1. The Kier molecular flexibility index (Phi) is 3.93. The van der Waals surface area contributed by atoms with Crippen molar-refractivity contribution in [2.24, 2.45) is 5.92 Å². The van der Waals surface area contributed by atoms with E-state index in [2.05, 4.69) is 55.5 Å². The zero-order valence-corrected chi connectivity index (χ0v) is 11.2. The van der Waals surface area contributed by atoms with Gasteiger partial charge in [-0.15, -0.1) is 0 Å². The highest BCUT2D eigenvalue weighted by Crippen LogP contribution is 2.31. The van der Waals surface area contributed by atoms with Crippen LogP contribution >= 0.6 is 0 Å². The second-order valence-corrected chi connectivity index (χ2v) is 5.39. The van der Waals surface area contributed by atoms with Gasteiger partial charge in [0.1, 0.15) is 0 Å². The van der Waals surface area contributed by atoms with Gasteiger partial charge in [-0.1, -0.05) is 25.0 Å². The van der Waals surface area contributed by atoms with Crippen LogP contribution in [0.5, 0.6) is 0 Å². The SMILES string of the molecule is CC(Nc1ccccc1N(C)C)C1CCCC1. The van der Waals surface area contributed by atoms with Crippen LogP contribution in [0.1, 0.15) is 32.6 Å². The highest BCUT2D eigenvalue weighted by molar-refractivity contribution is 5.69. The maximum absolute atomic E-state index is 3.69. The van der Waals surface area contributed by atoms with Gasteiger partial charge in [-0.3, -0.25) is 0 Å². The summed E-state index contributed by atoms with van der Waals surface area (Å²) in [5.74, 6) is 0.852. The molecular weight excluding hydrogens is 208 g/mol. The number of nitrogens with zero attached hydrogens (tertiary/aromatic N) is 1. The van der Waals surface area contributed by atoms with Gasteiger partial charge in [0.25, 0.3) is 0 Å². The Morgan fingerprint density at radius 1 is 1.18 bits per heavy atom. The van der Waals surface area contributed by atoms with Crippen LogP contribution in [-0.2, 0) is 0 Å². The van der Waals surface area contributed by atoms with Crippen molar-refractivity contribution in [2.45, 2.75) is 38.6 Å². The topological polar surface area (TPSA) is 15.3 Å². The van der Waals surface area contributed by atoms with E-state index in [0.717, 1.165) is 5.92 Å². The van der Waals surface area contributed by atoms with Crippen molar-refractivity contribution < 1.29 is 0 Å². The quantitative estimate of drug-likeness (QED) is 0.850. The van der Waals surface area contributed by atoms with Gasteiger partial charge in [0.05, 0.1) is 11.4 Å². The summed E-state index contributed by atoms with van der Waals surface area (Å²) in [4.78, 5) is 2.17. The first-order chi connectivity index (χ1) is 8.18. The van der Waals surface area contributed by atoms with Gasteiger partial charge in [-0.25, -0.2) is 0 Å². The Hall–Kier alpha value is -1.18. The monoisotopic (exact) mass is 232 g/mol. The molecule has 1 N–H and O–H groups in total. The molecule has 1 unspecified atom stereocenters. The number of anilines is 2. The Morgan fingerprint density at radius 3 is 2.47 bits per heavy atom. The summed E-state index contributed by atoms with van der Waals surface area (Å²) < 4.78 is 0. The lowest BCUT2D eigenvalue weighted by molar-refractivity contribution is 0.482. The fourth-order valence-corrected chi connectivity index (χ4v) is 2.81. The number of para-hydroxylation sites is 2. The van der Waals surface area contributed by atoms with E-state index in [1.165, 1.54) is 37.1 Å². The van der Waals surface area contributed by atoms with E-state index in [4.69, 9.17) is 0 Å². The molecule has 0 heterocycles. The van der Waals surface area contributed by atoms with Crippen molar-refractivity contribution in [1.29, 1.82) is 0 Å². The molecule has 1 aromatic rings. The second kappa shape index (κ2) is 5.44. The van der Waals surface area contributed by atoms with E-state index in [1.54, 1.807) is 0 Å². The van der Waals surface area contributed by atoms with Crippen LogP contribution in [0.25, 0.3) is 0 Å². The van der Waals surface area contributed by atoms with Crippen molar-refractivity contribution in [3.63, 3.8) is 0 Å². The van der Waals surface area contributed by atoms with Crippen LogP contribution in [0, 0.1) is 5.92 Å². The van der Waals surface area contributed by atoms with Gasteiger partial charge in [0.2, 0.25) is 0 Å². The smallest absolute Gasteiger partial charge is 0.0596 e. The zero-order valence-electron chi connectivity index (χ0n) is 11.2. The molecular formula is C15H24N2. The van der Waals surface area contributed by atoms with Crippen LogP contribution in [0.4, 0.5) is 11.4 Å². The van der Waals surface area contributed by atoms with Gasteiger partial charge in [-0.05, 0) is 37.8 Å². The maximum Gasteiger partial charge on any atom is 0.0596 e. The van der Waals surface area contributed by atoms with E-state index in [0.29, 0.717) is 6.04 Å². The van der Waals surface area contributed by atoms with E-state index in [-0.39, 0.29) is 0 Å². The molecule has 0 spiro atoms. The predicted molar refractivity (Wildman–Crippen MR) is 75.8 cm³/mol. The molecule has 0 aromatic heterocycles. The average Bonchev–Trinajstić information content (AvgIpc) is 2.83. The van der Waals surface area contributed by atoms with Crippen LogP contribution in [0.3, 0.4) is 0 Å². The molecule has 1 atom stereocenters. The van der Waals surface area contributed by atoms with Crippen molar-refractivity contribution in [2.75, 3.05) is 24.3 Å². The van der Waals surface area contributed by atoms with E-state index in [1.807, 2.05) is 0 Å². The summed E-state index contributed by atoms with van der Waals surface area (Å²) in [5.41, 5.74) is 2.54. The largest absolute Gasteiger partial charge is 0.381 e. The fraction of sp³-hybridized carbons (Fsp3) is 0.600. The Balaban J connectivity index is 2.06. The Morgan fingerprint density at radius 2 is 1.82 bits per heavy atom. The predicted octanol–water partition coefficient (Wildman–Crippen LogP) is 3.74. The molecule has 1 aliphatic rings. The summed E-state index contributed by atoms with van der Waals surface area (Å²) in [6.45, 7) is 2.32. The molecule has 0 radical (unpaired) electrons. The average molecular weight is 232 g/mol. The molecule has 2 rings (SSSR count). The first-order valence-electron chi connectivity index (χ1n) is 6.71. The van der Waals surface area contributed by atoms with Crippen molar-refractivity contribution in [3.8, 4) is 0 Å². The fourth-order valence-electron chi connectivity index (χ4n) is 2.81. The third kappa shape index (κ3) is 2.93. The summed E-state index contributed by atoms with van der Waals surface area (Å²) >= 11 is 0. The normalized spacial score (nSPS) is 18.1. The van der Waals surface area contributed by atoms with Crippen molar-refractivity contribution in [3.05, 3.63) is 24.3 Å². The van der Waals surface area contributed by atoms with Gasteiger partial charge in [0, 0.05) is 20.1 Å². The zero-order chi connectivity index (χ0) is 12.3. The Bertz CT molecular complexity index is 354. The molecule has 1 aliphatic carbocycles. The van der Waals surface area contributed by atoms with Gasteiger partial charge in [-0.2, -0.15) is 0 Å². The molecule has 94 valence electrons. The molecule has 2 heteroatoms. The number of hydrogen-bond acceptors (Lipinski definition) is 2. The molecule has 17 heavy (non-hydrogen) atoms. The van der Waals surface area contributed by atoms with Gasteiger partial charge < -0.3 is 10.2 Å². The Labute approximate surface area is 105 Å². The first-order valence-corrected chi connectivity index (χ1v) is 6.71. The highest BCUT2D eigenvalue weighted by atomic mass is 15.1. The molecule has 2 nitrogen and oxygen atoms in total. The molecule has 1 saturated carbocycles. The molecule has 0 bridgehead atoms. The van der Waals surface area contributed by atoms with Crippen LogP contribution in [0.15, 0.2) is 24.3 Å². The lowest BCUT2D eigenvalue weighted by Gasteiger charge is -2.25. The van der Waals surface area contributed by atoms with Crippen molar-refractivity contribution in [1.82, 2.24) is 0 Å². The molecule has 1 aromatic carbocycles. The lowest BCUT2D eigenvalue weighted by Crippen LogP contribution is -2.25. The van der Waals surface area contributed by atoms with Gasteiger partial charge in [0.15, 0.2) is 0 Å². The first kappa shape index (κ1) is 12.3. The third-order valence-electron chi connectivity index (χ3n) is 3.88. The van der Waals surface area contributed by atoms with E-state index < -0.39 is 0 Å². The molecule has 1 fully saturated rings. The maximum atomic E-state index is 3.69. The van der Waals surface area contributed by atoms with Crippen LogP contribution in [-0.4, -0.2) is 20.1 Å². The van der Waals surface area contributed by atoms with Gasteiger partial charge >= 0.3 is 0 Å². The van der Waals surface area contributed by atoms with Crippen LogP contribution in [0.2, 0.25) is 0 Å². The molecule has 0 saturated heterocycles. The number of rotatable bonds is 4. The van der Waals surface area contributed by atoms with Crippen molar-refractivity contribution >= 4 is 11.4 Å². The number of nitrogens with one attached hydrogen (secondary N) is 1.